The highest BCUT2D eigenvalue weighted by Crippen LogP contribution is 2.25. The minimum atomic E-state index is -0.470. The van der Waals surface area contributed by atoms with E-state index in [1.54, 1.807) is 6.92 Å². The molecular weight excluding hydrogens is 166 g/mol. The summed E-state index contributed by atoms with van der Waals surface area (Å²) < 4.78 is 0. The molecule has 0 aromatic carbocycles. The third kappa shape index (κ3) is 3.77. The van der Waals surface area contributed by atoms with Gasteiger partial charge in [0, 0.05) is 12.0 Å². The molecule has 0 fully saturated rings. The normalized spacial score (nSPS) is 13.9. The number of hydrogen-bond acceptors (Lipinski definition) is 2. The molecule has 78 valence electrons. The number of amides is 1. The Morgan fingerprint density at radius 2 is 1.92 bits per heavy atom. The van der Waals surface area contributed by atoms with Crippen LogP contribution in [0.2, 0.25) is 0 Å². The molecule has 0 rings (SSSR count). The van der Waals surface area contributed by atoms with Crippen LogP contribution in [0.1, 0.15) is 40.5 Å². The lowest BCUT2D eigenvalue weighted by atomic mass is 9.84. The average molecular weight is 187 g/mol. The van der Waals surface area contributed by atoms with Crippen molar-refractivity contribution < 1.29 is 9.90 Å². The summed E-state index contributed by atoms with van der Waals surface area (Å²) in [5.74, 6) is 0.0402. The zero-order valence-corrected chi connectivity index (χ0v) is 9.05. The first-order valence-corrected chi connectivity index (χ1v) is 4.92. The number of aliphatic hydroxyl groups excluding tert-OH is 1. The lowest BCUT2D eigenvalue weighted by Crippen LogP contribution is -2.41. The van der Waals surface area contributed by atoms with Gasteiger partial charge in [0.15, 0.2) is 0 Å². The van der Waals surface area contributed by atoms with Crippen molar-refractivity contribution in [2.45, 2.75) is 46.6 Å². The van der Waals surface area contributed by atoms with E-state index in [-0.39, 0.29) is 11.3 Å². The van der Waals surface area contributed by atoms with Crippen LogP contribution in [0.3, 0.4) is 0 Å². The van der Waals surface area contributed by atoms with Crippen molar-refractivity contribution >= 4 is 5.91 Å². The van der Waals surface area contributed by atoms with Gasteiger partial charge < -0.3 is 10.4 Å². The van der Waals surface area contributed by atoms with Crippen molar-refractivity contribution in [1.29, 1.82) is 0 Å². The van der Waals surface area contributed by atoms with E-state index >= 15 is 0 Å². The Bertz CT molecular complexity index is 162. The predicted octanol–water partition coefficient (Wildman–Crippen LogP) is 1.31. The second-order valence-corrected chi connectivity index (χ2v) is 3.83. The molecule has 0 radical (unpaired) electrons. The van der Waals surface area contributed by atoms with Gasteiger partial charge in [-0.25, -0.2) is 0 Å². The summed E-state index contributed by atoms with van der Waals surface area (Å²) in [4.78, 5) is 11.6. The summed E-state index contributed by atoms with van der Waals surface area (Å²) >= 11 is 0. The monoisotopic (exact) mass is 187 g/mol. The maximum atomic E-state index is 11.6. The van der Waals surface area contributed by atoms with Gasteiger partial charge in [0.2, 0.25) is 5.91 Å². The van der Waals surface area contributed by atoms with Gasteiger partial charge in [0.05, 0.1) is 6.10 Å². The van der Waals surface area contributed by atoms with Gasteiger partial charge in [-0.2, -0.15) is 0 Å². The van der Waals surface area contributed by atoms with E-state index in [1.807, 2.05) is 20.8 Å². The highest BCUT2D eigenvalue weighted by molar-refractivity contribution is 5.82. The molecule has 0 bridgehead atoms. The first kappa shape index (κ1) is 12.4. The first-order valence-electron chi connectivity index (χ1n) is 4.92. The molecular formula is C10H21NO2. The highest BCUT2D eigenvalue weighted by Gasteiger charge is 2.28. The van der Waals surface area contributed by atoms with Crippen LogP contribution in [0.15, 0.2) is 0 Å². The van der Waals surface area contributed by atoms with E-state index in [4.69, 9.17) is 5.11 Å². The third-order valence-electron chi connectivity index (χ3n) is 2.67. The molecule has 3 heteroatoms. The average Bonchev–Trinajstić information content (AvgIpc) is 2.12. The molecule has 0 aliphatic heterocycles. The Labute approximate surface area is 80.5 Å². The van der Waals surface area contributed by atoms with Gasteiger partial charge in [-0.15, -0.1) is 0 Å². The summed E-state index contributed by atoms with van der Waals surface area (Å²) in [6.45, 7) is 7.96. The summed E-state index contributed by atoms with van der Waals surface area (Å²) in [6.07, 6.45) is 1.19. The summed E-state index contributed by atoms with van der Waals surface area (Å²) in [7, 11) is 0. The van der Waals surface area contributed by atoms with Gasteiger partial charge in [-0.3, -0.25) is 4.79 Å². The lowest BCUT2D eigenvalue weighted by molar-refractivity contribution is -0.131. The quantitative estimate of drug-likeness (QED) is 0.681. The molecule has 1 atom stereocenters. The minimum Gasteiger partial charge on any atom is -0.392 e. The van der Waals surface area contributed by atoms with E-state index in [0.29, 0.717) is 6.54 Å². The zero-order chi connectivity index (χ0) is 10.5. The Kier molecular flexibility index (Phi) is 4.99. The number of hydrogen-bond donors (Lipinski definition) is 2. The zero-order valence-electron chi connectivity index (χ0n) is 9.05. The van der Waals surface area contributed by atoms with Crippen molar-refractivity contribution in [1.82, 2.24) is 5.32 Å². The van der Waals surface area contributed by atoms with Crippen LogP contribution >= 0.6 is 0 Å². The molecule has 0 aliphatic rings. The minimum absolute atomic E-state index is 0.0402. The van der Waals surface area contributed by atoms with Crippen LogP contribution in [0.4, 0.5) is 0 Å². The van der Waals surface area contributed by atoms with Gasteiger partial charge >= 0.3 is 0 Å². The first-order chi connectivity index (χ1) is 5.96. The van der Waals surface area contributed by atoms with Crippen LogP contribution in [0, 0.1) is 5.41 Å². The van der Waals surface area contributed by atoms with E-state index in [2.05, 4.69) is 5.32 Å². The fraction of sp³-hybridized carbons (Fsp3) is 0.900. The van der Waals surface area contributed by atoms with Gasteiger partial charge in [0.1, 0.15) is 0 Å². The van der Waals surface area contributed by atoms with Crippen molar-refractivity contribution in [3.63, 3.8) is 0 Å². The highest BCUT2D eigenvalue weighted by atomic mass is 16.3. The van der Waals surface area contributed by atoms with Crippen molar-refractivity contribution in [2.24, 2.45) is 5.41 Å². The molecule has 0 aromatic rings. The molecule has 2 N–H and O–H groups in total. The van der Waals surface area contributed by atoms with Gasteiger partial charge in [-0.1, -0.05) is 20.8 Å². The topological polar surface area (TPSA) is 49.3 Å². The number of carbonyl (C=O) groups is 1. The standard InChI is InChI=1S/C10H21NO2/c1-5-10(4,6-2)9(13)11-7-8(3)12/h8,12H,5-7H2,1-4H3,(H,11,13). The van der Waals surface area contributed by atoms with E-state index < -0.39 is 6.10 Å². The molecule has 0 spiro atoms. The fourth-order valence-corrected chi connectivity index (χ4v) is 1.02. The van der Waals surface area contributed by atoms with Crippen molar-refractivity contribution in [2.75, 3.05) is 6.54 Å². The molecule has 3 nitrogen and oxygen atoms in total. The summed E-state index contributed by atoms with van der Waals surface area (Å²) in [5, 5.41) is 11.7. The molecule has 13 heavy (non-hydrogen) atoms. The molecule has 1 amide bonds. The summed E-state index contributed by atoms with van der Waals surface area (Å²) in [5.41, 5.74) is -0.283. The number of rotatable bonds is 5. The Balaban J connectivity index is 4.07. The van der Waals surface area contributed by atoms with Crippen LogP contribution in [-0.4, -0.2) is 23.7 Å². The van der Waals surface area contributed by atoms with Crippen LogP contribution < -0.4 is 5.32 Å². The lowest BCUT2D eigenvalue weighted by Gasteiger charge is -2.25. The van der Waals surface area contributed by atoms with Gasteiger partial charge in [-0.05, 0) is 19.8 Å². The number of aliphatic hydroxyl groups is 1. The van der Waals surface area contributed by atoms with E-state index in [9.17, 15) is 4.79 Å². The molecule has 0 saturated heterocycles. The Hall–Kier alpha value is -0.570. The summed E-state index contributed by atoms with van der Waals surface area (Å²) in [6, 6.07) is 0. The number of nitrogens with one attached hydrogen (secondary N) is 1. The van der Waals surface area contributed by atoms with Crippen LogP contribution in [0.5, 0.6) is 0 Å². The van der Waals surface area contributed by atoms with Crippen molar-refractivity contribution in [3.05, 3.63) is 0 Å². The van der Waals surface area contributed by atoms with Crippen LogP contribution in [-0.2, 0) is 4.79 Å². The second-order valence-electron chi connectivity index (χ2n) is 3.83. The Morgan fingerprint density at radius 1 is 1.46 bits per heavy atom. The predicted molar refractivity (Wildman–Crippen MR) is 53.4 cm³/mol. The van der Waals surface area contributed by atoms with Gasteiger partial charge in [0.25, 0.3) is 0 Å². The second kappa shape index (κ2) is 5.22. The van der Waals surface area contributed by atoms with E-state index in [0.717, 1.165) is 12.8 Å². The maximum absolute atomic E-state index is 11.6. The van der Waals surface area contributed by atoms with Crippen molar-refractivity contribution in [3.8, 4) is 0 Å². The number of carbonyl (C=O) groups excluding carboxylic acids is 1. The SMILES string of the molecule is CCC(C)(CC)C(=O)NCC(C)O. The molecule has 0 aromatic heterocycles. The molecule has 0 saturated carbocycles. The van der Waals surface area contributed by atoms with Crippen LogP contribution in [0.25, 0.3) is 0 Å². The fourth-order valence-electron chi connectivity index (χ4n) is 1.02. The maximum Gasteiger partial charge on any atom is 0.226 e. The third-order valence-corrected chi connectivity index (χ3v) is 2.67. The van der Waals surface area contributed by atoms with E-state index in [1.165, 1.54) is 0 Å². The largest absolute Gasteiger partial charge is 0.392 e. The molecule has 0 heterocycles. The Morgan fingerprint density at radius 3 is 2.23 bits per heavy atom. The smallest absolute Gasteiger partial charge is 0.226 e. The molecule has 0 aliphatic carbocycles. The molecule has 1 unspecified atom stereocenters.